The van der Waals surface area contributed by atoms with Gasteiger partial charge in [0.15, 0.2) is 14.9 Å². The van der Waals surface area contributed by atoms with E-state index < -0.39 is 15.3 Å². The summed E-state index contributed by atoms with van der Waals surface area (Å²) in [6.07, 6.45) is 1.47. The molecule has 1 aromatic rings. The molecule has 0 aliphatic carbocycles. The van der Waals surface area contributed by atoms with Gasteiger partial charge in [0, 0.05) is 6.20 Å². The Kier molecular flexibility index (Phi) is 3.46. The Labute approximate surface area is 90.4 Å². The highest BCUT2D eigenvalue weighted by Gasteiger charge is 2.26. The molecule has 0 saturated carbocycles. The van der Waals surface area contributed by atoms with Gasteiger partial charge in [-0.2, -0.15) is 0 Å². The Bertz CT molecular complexity index is 412. The van der Waals surface area contributed by atoms with Gasteiger partial charge >= 0.3 is 0 Å². The van der Waals surface area contributed by atoms with Crippen LogP contribution in [0.4, 0.5) is 0 Å². The van der Waals surface area contributed by atoms with E-state index in [1.165, 1.54) is 12.3 Å². The molecule has 0 radical (unpaired) electrons. The second kappa shape index (κ2) is 4.28. The van der Waals surface area contributed by atoms with E-state index in [1.54, 1.807) is 12.1 Å². The highest BCUT2D eigenvalue weighted by molar-refractivity contribution is 7.91. The van der Waals surface area contributed by atoms with Crippen molar-refractivity contribution in [3.05, 3.63) is 24.4 Å². The number of nitrogens with two attached hydrogens (primary N) is 1. The lowest BCUT2D eigenvalue weighted by molar-refractivity contribution is 0.424. The summed E-state index contributed by atoms with van der Waals surface area (Å²) >= 11 is 0. The van der Waals surface area contributed by atoms with E-state index in [0.29, 0.717) is 6.54 Å². The number of pyridine rings is 1. The third-order valence-corrected chi connectivity index (χ3v) is 4.13. The van der Waals surface area contributed by atoms with Crippen LogP contribution < -0.4 is 5.73 Å². The average molecular weight is 228 g/mol. The van der Waals surface area contributed by atoms with E-state index in [4.69, 9.17) is 5.73 Å². The fraction of sp³-hybridized carbons (Fsp3) is 0.500. The van der Waals surface area contributed by atoms with Gasteiger partial charge in [-0.1, -0.05) is 19.9 Å². The maximum atomic E-state index is 11.9. The molecule has 2 N–H and O–H groups in total. The average Bonchev–Trinajstić information content (AvgIpc) is 2.18. The fourth-order valence-electron chi connectivity index (χ4n) is 1.18. The van der Waals surface area contributed by atoms with Crippen LogP contribution >= 0.6 is 0 Å². The van der Waals surface area contributed by atoms with Crippen molar-refractivity contribution >= 4 is 9.84 Å². The van der Waals surface area contributed by atoms with Gasteiger partial charge in [0.25, 0.3) is 0 Å². The van der Waals surface area contributed by atoms with Crippen LogP contribution in [0.25, 0.3) is 0 Å². The van der Waals surface area contributed by atoms with Crippen LogP contribution in [-0.4, -0.2) is 25.7 Å². The molecular formula is C10H16N2O2S. The molecule has 5 heteroatoms. The maximum absolute atomic E-state index is 11.9. The Morgan fingerprint density at radius 1 is 1.40 bits per heavy atom. The summed E-state index contributed by atoms with van der Waals surface area (Å²) in [5.74, 6) is 0.0213. The van der Waals surface area contributed by atoms with E-state index in [0.717, 1.165) is 0 Å². The second-order valence-corrected chi connectivity index (χ2v) is 6.23. The minimum Gasteiger partial charge on any atom is -0.330 e. The van der Waals surface area contributed by atoms with Gasteiger partial charge in [-0.15, -0.1) is 0 Å². The van der Waals surface area contributed by atoms with Gasteiger partial charge in [0.05, 0.1) is 5.75 Å². The first-order valence-electron chi connectivity index (χ1n) is 4.71. The molecule has 0 spiro atoms. The zero-order chi connectivity index (χ0) is 11.5. The molecule has 0 aliphatic heterocycles. The minimum absolute atomic E-state index is 0.0213. The number of hydrogen-bond donors (Lipinski definition) is 1. The van der Waals surface area contributed by atoms with E-state index in [1.807, 2.05) is 13.8 Å². The van der Waals surface area contributed by atoms with Crippen molar-refractivity contribution in [2.45, 2.75) is 18.9 Å². The third kappa shape index (κ3) is 3.28. The summed E-state index contributed by atoms with van der Waals surface area (Å²) in [5, 5.41) is 0.117. The molecule has 4 nitrogen and oxygen atoms in total. The smallest absolute Gasteiger partial charge is 0.196 e. The van der Waals surface area contributed by atoms with Crippen LogP contribution in [0.3, 0.4) is 0 Å². The van der Waals surface area contributed by atoms with E-state index in [2.05, 4.69) is 4.98 Å². The summed E-state index contributed by atoms with van der Waals surface area (Å²) in [7, 11) is -3.32. The predicted molar refractivity (Wildman–Crippen MR) is 59.1 cm³/mol. The zero-order valence-corrected chi connectivity index (χ0v) is 9.79. The monoisotopic (exact) mass is 228 g/mol. The molecule has 0 aliphatic rings. The maximum Gasteiger partial charge on any atom is 0.196 e. The molecule has 1 rings (SSSR count). The number of rotatable bonds is 4. The molecule has 0 atom stereocenters. The van der Waals surface area contributed by atoms with Crippen molar-refractivity contribution < 1.29 is 8.42 Å². The molecule has 0 saturated heterocycles. The Morgan fingerprint density at radius 3 is 2.53 bits per heavy atom. The fourth-order valence-corrected chi connectivity index (χ4v) is 2.98. The standard InChI is InChI=1S/C10H16N2O2S/c1-10(2,7-11)8-15(13,14)9-5-3-4-6-12-9/h3-6H,7-8,11H2,1-2H3. The third-order valence-electron chi connectivity index (χ3n) is 2.09. The predicted octanol–water partition coefficient (Wildman–Crippen LogP) is 0.840. The lowest BCUT2D eigenvalue weighted by Crippen LogP contribution is -2.32. The minimum atomic E-state index is -3.32. The second-order valence-electron chi connectivity index (χ2n) is 4.30. The summed E-state index contributed by atoms with van der Waals surface area (Å²) in [4.78, 5) is 3.84. The number of nitrogens with zero attached hydrogens (tertiary/aromatic N) is 1. The van der Waals surface area contributed by atoms with E-state index in [-0.39, 0.29) is 10.8 Å². The summed E-state index contributed by atoms with van der Waals surface area (Å²) < 4.78 is 23.8. The molecular weight excluding hydrogens is 212 g/mol. The molecule has 15 heavy (non-hydrogen) atoms. The largest absolute Gasteiger partial charge is 0.330 e. The zero-order valence-electron chi connectivity index (χ0n) is 8.97. The van der Waals surface area contributed by atoms with Crippen LogP contribution in [0.1, 0.15) is 13.8 Å². The van der Waals surface area contributed by atoms with Crippen molar-refractivity contribution in [3.8, 4) is 0 Å². The quantitative estimate of drug-likeness (QED) is 0.828. The molecule has 0 amide bonds. The van der Waals surface area contributed by atoms with Gasteiger partial charge in [-0.25, -0.2) is 13.4 Å². The molecule has 1 aromatic heterocycles. The number of sulfone groups is 1. The number of aromatic nitrogens is 1. The topological polar surface area (TPSA) is 73.1 Å². The first-order chi connectivity index (χ1) is 6.87. The Balaban J connectivity index is 2.96. The Hall–Kier alpha value is -0.940. The summed E-state index contributed by atoms with van der Waals surface area (Å²) in [5.41, 5.74) is 5.09. The van der Waals surface area contributed by atoms with Gasteiger partial charge < -0.3 is 5.73 Å². The first kappa shape index (κ1) is 12.1. The van der Waals surface area contributed by atoms with Crippen molar-refractivity contribution in [2.24, 2.45) is 11.1 Å². The van der Waals surface area contributed by atoms with Gasteiger partial charge in [-0.05, 0) is 24.1 Å². The van der Waals surface area contributed by atoms with Gasteiger partial charge in [0.1, 0.15) is 0 Å². The van der Waals surface area contributed by atoms with Crippen LogP contribution in [0.2, 0.25) is 0 Å². The summed E-state index contributed by atoms with van der Waals surface area (Å²) in [6, 6.07) is 4.85. The molecule has 0 bridgehead atoms. The van der Waals surface area contributed by atoms with Gasteiger partial charge in [0.2, 0.25) is 0 Å². The van der Waals surface area contributed by atoms with E-state index in [9.17, 15) is 8.42 Å². The van der Waals surface area contributed by atoms with Crippen molar-refractivity contribution in [2.75, 3.05) is 12.3 Å². The number of hydrogen-bond acceptors (Lipinski definition) is 4. The molecule has 1 heterocycles. The molecule has 0 aromatic carbocycles. The highest BCUT2D eigenvalue weighted by atomic mass is 32.2. The first-order valence-corrected chi connectivity index (χ1v) is 6.36. The SMILES string of the molecule is CC(C)(CN)CS(=O)(=O)c1ccccn1. The van der Waals surface area contributed by atoms with Crippen molar-refractivity contribution in [3.63, 3.8) is 0 Å². The van der Waals surface area contributed by atoms with Crippen molar-refractivity contribution in [1.29, 1.82) is 0 Å². The van der Waals surface area contributed by atoms with Gasteiger partial charge in [-0.3, -0.25) is 0 Å². The van der Waals surface area contributed by atoms with Crippen LogP contribution in [0, 0.1) is 5.41 Å². The van der Waals surface area contributed by atoms with E-state index >= 15 is 0 Å². The lowest BCUT2D eigenvalue weighted by atomic mass is 9.97. The van der Waals surface area contributed by atoms with Crippen molar-refractivity contribution in [1.82, 2.24) is 4.98 Å². The molecule has 0 unspecified atom stereocenters. The lowest BCUT2D eigenvalue weighted by Gasteiger charge is -2.21. The molecule has 84 valence electrons. The molecule has 0 fully saturated rings. The van der Waals surface area contributed by atoms with Crippen LogP contribution in [0.5, 0.6) is 0 Å². The highest BCUT2D eigenvalue weighted by Crippen LogP contribution is 2.19. The normalized spacial score (nSPS) is 12.7. The Morgan fingerprint density at radius 2 is 2.07 bits per heavy atom. The van der Waals surface area contributed by atoms with Crippen LogP contribution in [0.15, 0.2) is 29.4 Å². The summed E-state index contributed by atoms with van der Waals surface area (Å²) in [6.45, 7) is 3.99. The van der Waals surface area contributed by atoms with Crippen LogP contribution in [-0.2, 0) is 9.84 Å².